The lowest BCUT2D eigenvalue weighted by Gasteiger charge is -2.10. The Morgan fingerprint density at radius 1 is 1.05 bits per heavy atom. The van der Waals surface area contributed by atoms with Crippen LogP contribution in [0.4, 0.5) is 0 Å². The molecule has 0 atom stereocenters. The van der Waals surface area contributed by atoms with E-state index in [9.17, 15) is 14.8 Å². The van der Waals surface area contributed by atoms with Crippen LogP contribution in [0.25, 0.3) is 11.1 Å². The molecule has 2 rings (SSSR count). The van der Waals surface area contributed by atoms with Crippen LogP contribution < -0.4 is 5.46 Å². The summed E-state index contributed by atoms with van der Waals surface area (Å²) in [6.07, 6.45) is 0. The lowest BCUT2D eigenvalue weighted by Crippen LogP contribution is -2.35. The molecule has 0 fully saturated rings. The molecule has 4 nitrogen and oxygen atoms in total. The monoisotopic (exact) mass is 256 g/mol. The zero-order chi connectivity index (χ0) is 13.8. The van der Waals surface area contributed by atoms with E-state index in [-0.39, 0.29) is 11.0 Å². The average Bonchev–Trinajstić information content (AvgIpc) is 2.46. The fourth-order valence-electron chi connectivity index (χ4n) is 1.88. The van der Waals surface area contributed by atoms with Gasteiger partial charge in [-0.1, -0.05) is 42.5 Å². The molecule has 0 spiro atoms. The first-order valence-electron chi connectivity index (χ1n) is 5.77. The molecular formula is C14H13BO4. The summed E-state index contributed by atoms with van der Waals surface area (Å²) in [7, 11) is -0.454. The minimum Gasteiger partial charge on any atom is -0.465 e. The molecule has 96 valence electrons. The molecule has 0 amide bonds. The third-order valence-corrected chi connectivity index (χ3v) is 2.84. The fourth-order valence-corrected chi connectivity index (χ4v) is 1.88. The van der Waals surface area contributed by atoms with Crippen LogP contribution in [0.2, 0.25) is 0 Å². The molecule has 0 bridgehead atoms. The van der Waals surface area contributed by atoms with E-state index < -0.39 is 13.1 Å². The van der Waals surface area contributed by atoms with E-state index in [4.69, 9.17) is 0 Å². The lowest BCUT2D eigenvalue weighted by molar-refractivity contribution is 0.0601. The molecule has 5 heteroatoms. The third-order valence-electron chi connectivity index (χ3n) is 2.84. The minimum absolute atomic E-state index is 0.131. The number of esters is 1. The van der Waals surface area contributed by atoms with Gasteiger partial charge in [0.25, 0.3) is 0 Å². The molecule has 2 aromatic rings. The number of carbonyl (C=O) groups excluding carboxylic acids is 1. The molecule has 0 aromatic heterocycles. The third kappa shape index (κ3) is 2.84. The molecule has 0 saturated carbocycles. The summed E-state index contributed by atoms with van der Waals surface area (Å²) in [5, 5.41) is 18.5. The van der Waals surface area contributed by atoms with E-state index in [0.29, 0.717) is 0 Å². The highest BCUT2D eigenvalue weighted by Gasteiger charge is 2.21. The molecule has 0 aliphatic rings. The minimum atomic E-state index is -1.71. The van der Waals surface area contributed by atoms with Crippen LogP contribution >= 0.6 is 0 Å². The summed E-state index contributed by atoms with van der Waals surface area (Å²) < 4.78 is 4.66. The van der Waals surface area contributed by atoms with Gasteiger partial charge in [0.2, 0.25) is 0 Å². The number of carbonyl (C=O) groups is 1. The summed E-state index contributed by atoms with van der Waals surface area (Å²) in [6.45, 7) is 0. The van der Waals surface area contributed by atoms with Crippen molar-refractivity contribution in [2.75, 3.05) is 7.11 Å². The predicted molar refractivity (Wildman–Crippen MR) is 73.0 cm³/mol. The van der Waals surface area contributed by atoms with E-state index in [0.717, 1.165) is 11.1 Å². The summed E-state index contributed by atoms with van der Waals surface area (Å²) in [5.74, 6) is -0.596. The largest absolute Gasteiger partial charge is 0.489 e. The van der Waals surface area contributed by atoms with Gasteiger partial charge in [0.15, 0.2) is 0 Å². The van der Waals surface area contributed by atoms with Crippen molar-refractivity contribution in [3.05, 3.63) is 54.1 Å². The molecule has 2 aromatic carbocycles. The molecule has 19 heavy (non-hydrogen) atoms. The maximum atomic E-state index is 11.7. The van der Waals surface area contributed by atoms with Crippen molar-refractivity contribution in [3.8, 4) is 11.1 Å². The maximum Gasteiger partial charge on any atom is 0.489 e. The van der Waals surface area contributed by atoms with Gasteiger partial charge in [0.05, 0.1) is 12.7 Å². The molecule has 0 saturated heterocycles. The standard InChI is InChI=1S/C14H13BO4/c1-19-14(16)12-9-11(7-8-13(12)15(17)18)10-5-3-2-4-6-10/h2-9,17-18H,1H3. The molecule has 0 radical (unpaired) electrons. The average molecular weight is 256 g/mol. The van der Waals surface area contributed by atoms with Gasteiger partial charge in [-0.25, -0.2) is 4.79 Å². The number of ether oxygens (including phenoxy) is 1. The first kappa shape index (κ1) is 13.3. The van der Waals surface area contributed by atoms with Crippen LogP contribution in [0, 0.1) is 0 Å². The number of benzene rings is 2. The van der Waals surface area contributed by atoms with Gasteiger partial charge < -0.3 is 14.8 Å². The molecule has 2 N–H and O–H groups in total. The highest BCUT2D eigenvalue weighted by Crippen LogP contribution is 2.19. The smallest absolute Gasteiger partial charge is 0.465 e. The molecule has 0 aliphatic carbocycles. The van der Waals surface area contributed by atoms with E-state index >= 15 is 0 Å². The summed E-state index contributed by atoms with van der Waals surface area (Å²) in [4.78, 5) is 11.7. The Labute approximate surface area is 111 Å². The summed E-state index contributed by atoms with van der Waals surface area (Å²) in [6, 6.07) is 14.3. The highest BCUT2D eigenvalue weighted by atomic mass is 16.5. The van der Waals surface area contributed by atoms with Gasteiger partial charge in [0.1, 0.15) is 0 Å². The Bertz CT molecular complexity index is 581. The Kier molecular flexibility index (Phi) is 3.99. The fraction of sp³-hybridized carbons (Fsp3) is 0.0714. The number of hydrogen-bond acceptors (Lipinski definition) is 4. The number of rotatable bonds is 3. The molecule has 0 unspecified atom stereocenters. The Balaban J connectivity index is 2.53. The van der Waals surface area contributed by atoms with Crippen LogP contribution in [-0.2, 0) is 4.74 Å². The number of methoxy groups -OCH3 is 1. The van der Waals surface area contributed by atoms with Crippen molar-refractivity contribution >= 4 is 18.6 Å². The van der Waals surface area contributed by atoms with Gasteiger partial charge in [-0.05, 0) is 22.7 Å². The van der Waals surface area contributed by atoms with Crippen LogP contribution in [0.3, 0.4) is 0 Å². The Morgan fingerprint density at radius 3 is 2.32 bits per heavy atom. The van der Waals surface area contributed by atoms with Gasteiger partial charge in [-0.15, -0.1) is 0 Å². The molecule has 0 heterocycles. The topological polar surface area (TPSA) is 66.8 Å². The Hall–Kier alpha value is -2.11. The molecule has 0 aliphatic heterocycles. The van der Waals surface area contributed by atoms with Crippen LogP contribution in [0.1, 0.15) is 10.4 Å². The molecular weight excluding hydrogens is 243 g/mol. The van der Waals surface area contributed by atoms with Crippen molar-refractivity contribution in [1.82, 2.24) is 0 Å². The van der Waals surface area contributed by atoms with Crippen molar-refractivity contribution in [2.24, 2.45) is 0 Å². The van der Waals surface area contributed by atoms with E-state index in [1.807, 2.05) is 30.3 Å². The Morgan fingerprint density at radius 2 is 1.74 bits per heavy atom. The second-order valence-electron chi connectivity index (χ2n) is 4.03. The second kappa shape index (κ2) is 5.69. The quantitative estimate of drug-likeness (QED) is 0.630. The van der Waals surface area contributed by atoms with Gasteiger partial charge >= 0.3 is 13.1 Å². The SMILES string of the molecule is COC(=O)c1cc(-c2ccccc2)ccc1B(O)O. The van der Waals surface area contributed by atoms with Gasteiger partial charge in [0, 0.05) is 0 Å². The normalized spacial score (nSPS) is 10.1. The van der Waals surface area contributed by atoms with Gasteiger partial charge in [-0.2, -0.15) is 0 Å². The second-order valence-corrected chi connectivity index (χ2v) is 4.03. The van der Waals surface area contributed by atoms with E-state index in [2.05, 4.69) is 4.74 Å². The van der Waals surface area contributed by atoms with Crippen molar-refractivity contribution in [3.63, 3.8) is 0 Å². The van der Waals surface area contributed by atoms with E-state index in [1.165, 1.54) is 13.2 Å². The first-order valence-corrected chi connectivity index (χ1v) is 5.77. The number of hydrogen-bond donors (Lipinski definition) is 2. The predicted octanol–water partition coefficient (Wildman–Crippen LogP) is 0.820. The van der Waals surface area contributed by atoms with Crippen molar-refractivity contribution < 1.29 is 19.6 Å². The lowest BCUT2D eigenvalue weighted by atomic mass is 9.76. The van der Waals surface area contributed by atoms with Crippen LogP contribution in [-0.4, -0.2) is 30.2 Å². The summed E-state index contributed by atoms with van der Waals surface area (Å²) in [5.41, 5.74) is 2.03. The first-order chi connectivity index (χ1) is 9.13. The highest BCUT2D eigenvalue weighted by molar-refractivity contribution is 6.60. The zero-order valence-electron chi connectivity index (χ0n) is 10.4. The van der Waals surface area contributed by atoms with Crippen molar-refractivity contribution in [2.45, 2.75) is 0 Å². The maximum absolute atomic E-state index is 11.7. The van der Waals surface area contributed by atoms with Crippen LogP contribution in [0.15, 0.2) is 48.5 Å². The summed E-state index contributed by atoms with van der Waals surface area (Å²) >= 11 is 0. The zero-order valence-corrected chi connectivity index (χ0v) is 10.4. The van der Waals surface area contributed by atoms with Gasteiger partial charge in [-0.3, -0.25) is 0 Å². The van der Waals surface area contributed by atoms with Crippen molar-refractivity contribution in [1.29, 1.82) is 0 Å². The van der Waals surface area contributed by atoms with Crippen LogP contribution in [0.5, 0.6) is 0 Å². The van der Waals surface area contributed by atoms with E-state index in [1.54, 1.807) is 12.1 Å².